The highest BCUT2D eigenvalue weighted by Gasteiger charge is 2.35. The minimum absolute atomic E-state index is 0.00414. The van der Waals surface area contributed by atoms with E-state index >= 15 is 0 Å². The first-order valence-corrected chi connectivity index (χ1v) is 8.99. The van der Waals surface area contributed by atoms with Gasteiger partial charge in [0.2, 0.25) is 5.88 Å². The van der Waals surface area contributed by atoms with Crippen LogP contribution in [0.2, 0.25) is 10.0 Å². The normalized spacial score (nSPS) is 16.0. The van der Waals surface area contributed by atoms with Crippen LogP contribution >= 0.6 is 23.2 Å². The number of rotatable bonds is 4. The molecule has 2 amide bonds. The number of amides is 2. The summed E-state index contributed by atoms with van der Waals surface area (Å²) >= 11 is 12.6. The van der Waals surface area contributed by atoms with Crippen molar-refractivity contribution in [2.45, 2.75) is 39.3 Å². The van der Waals surface area contributed by atoms with Crippen molar-refractivity contribution in [3.05, 3.63) is 44.2 Å². The number of aromatic nitrogens is 2. The second-order valence-electron chi connectivity index (χ2n) is 6.99. The summed E-state index contributed by atoms with van der Waals surface area (Å²) in [5.41, 5.74) is 3.12. The zero-order chi connectivity index (χ0) is 19.9. The number of nitrogens with zero attached hydrogens (tertiary/aromatic N) is 2. The Morgan fingerprint density at radius 1 is 1.15 bits per heavy atom. The first-order valence-electron chi connectivity index (χ1n) is 8.24. The molecule has 0 radical (unpaired) electrons. The molecule has 0 spiro atoms. The maximum absolute atomic E-state index is 12.1. The lowest BCUT2D eigenvalue weighted by atomic mass is 10.1. The van der Waals surface area contributed by atoms with Gasteiger partial charge in [0.15, 0.2) is 5.75 Å². The van der Waals surface area contributed by atoms with Crippen molar-refractivity contribution in [1.82, 2.24) is 20.9 Å². The minimum Gasteiger partial charge on any atom is -0.434 e. The highest BCUT2D eigenvalue weighted by molar-refractivity contribution is 6.37. The Balaban J connectivity index is 1.92. The molecule has 2 aromatic rings. The topological polar surface area (TPSA) is 99.3 Å². The van der Waals surface area contributed by atoms with E-state index in [2.05, 4.69) is 20.9 Å². The Bertz CT molecular complexity index is 935. The number of anilines is 1. The second-order valence-corrected chi connectivity index (χ2v) is 7.80. The number of benzene rings is 1. The molecule has 0 atom stereocenters. The van der Waals surface area contributed by atoms with E-state index in [1.807, 2.05) is 27.7 Å². The average molecular weight is 412 g/mol. The summed E-state index contributed by atoms with van der Waals surface area (Å²) in [5, 5.41) is 10.7. The van der Waals surface area contributed by atoms with E-state index in [0.29, 0.717) is 11.3 Å². The van der Waals surface area contributed by atoms with E-state index < -0.39 is 5.66 Å². The first kappa shape index (κ1) is 19.5. The van der Waals surface area contributed by atoms with E-state index in [4.69, 9.17) is 27.9 Å². The van der Waals surface area contributed by atoms with E-state index in [0.717, 1.165) is 0 Å². The van der Waals surface area contributed by atoms with Crippen LogP contribution in [-0.2, 0) is 0 Å². The smallest absolute Gasteiger partial charge is 0.338 e. The van der Waals surface area contributed by atoms with Crippen LogP contribution in [0.15, 0.2) is 23.0 Å². The molecule has 3 rings (SSSR count). The van der Waals surface area contributed by atoms with Crippen molar-refractivity contribution in [3.8, 4) is 11.6 Å². The number of H-pyrrole nitrogens is 1. The first-order chi connectivity index (χ1) is 12.6. The lowest BCUT2D eigenvalue weighted by Crippen LogP contribution is -2.45. The van der Waals surface area contributed by atoms with Gasteiger partial charge in [0, 0.05) is 11.6 Å². The molecule has 144 valence electrons. The van der Waals surface area contributed by atoms with Crippen LogP contribution in [-0.4, -0.2) is 21.9 Å². The summed E-state index contributed by atoms with van der Waals surface area (Å²) < 4.78 is 5.69. The highest BCUT2D eigenvalue weighted by Crippen LogP contribution is 2.39. The van der Waals surface area contributed by atoms with Gasteiger partial charge in [0.25, 0.3) is 5.56 Å². The zero-order valence-corrected chi connectivity index (χ0v) is 16.7. The van der Waals surface area contributed by atoms with Crippen LogP contribution in [0.5, 0.6) is 11.6 Å². The molecule has 8 nitrogen and oxygen atoms in total. The van der Waals surface area contributed by atoms with E-state index in [1.54, 1.807) is 18.2 Å². The molecule has 1 aromatic carbocycles. The molecule has 0 unspecified atom stereocenters. The Labute approximate surface area is 165 Å². The molecule has 27 heavy (non-hydrogen) atoms. The zero-order valence-electron chi connectivity index (χ0n) is 15.2. The molecular formula is C17H19Cl2N5O3. The number of urea groups is 1. The molecule has 0 saturated carbocycles. The fraction of sp³-hybridized carbons (Fsp3) is 0.353. The summed E-state index contributed by atoms with van der Waals surface area (Å²) in [6.45, 7) is 7.41. The molecule has 1 fully saturated rings. The highest BCUT2D eigenvalue weighted by atomic mass is 35.5. The number of carbonyl (C=O) groups excluding carboxylic acids is 1. The number of hydrazine groups is 1. The third kappa shape index (κ3) is 4.02. The molecule has 1 aliphatic rings. The minimum atomic E-state index is -0.599. The van der Waals surface area contributed by atoms with Gasteiger partial charge >= 0.3 is 6.03 Å². The number of halogens is 2. The molecule has 1 aliphatic heterocycles. The number of hydrogen-bond acceptors (Lipinski definition) is 5. The van der Waals surface area contributed by atoms with Crippen LogP contribution in [0.3, 0.4) is 0 Å². The van der Waals surface area contributed by atoms with E-state index in [9.17, 15) is 9.59 Å². The molecule has 1 saturated heterocycles. The third-order valence-electron chi connectivity index (χ3n) is 3.89. The Hall–Kier alpha value is -2.29. The Morgan fingerprint density at radius 3 is 2.30 bits per heavy atom. The molecular weight excluding hydrogens is 393 g/mol. The van der Waals surface area contributed by atoms with E-state index in [1.165, 1.54) is 5.01 Å². The van der Waals surface area contributed by atoms with Crippen LogP contribution < -0.4 is 26.0 Å². The van der Waals surface area contributed by atoms with Gasteiger partial charge in [-0.3, -0.25) is 4.79 Å². The quantitative estimate of drug-likeness (QED) is 0.710. The van der Waals surface area contributed by atoms with Crippen molar-refractivity contribution in [2.24, 2.45) is 0 Å². The number of carbonyl (C=O) groups is 1. The van der Waals surface area contributed by atoms with Crippen LogP contribution in [0, 0.1) is 0 Å². The molecule has 3 N–H and O–H groups in total. The van der Waals surface area contributed by atoms with Gasteiger partial charge in [-0.05, 0) is 31.9 Å². The molecule has 0 aliphatic carbocycles. The van der Waals surface area contributed by atoms with Gasteiger partial charge in [0.1, 0.15) is 5.66 Å². The summed E-state index contributed by atoms with van der Waals surface area (Å²) in [7, 11) is 0. The Kier molecular flexibility index (Phi) is 5.07. The molecule has 1 aromatic heterocycles. The number of hydrogen-bond donors (Lipinski definition) is 3. The maximum atomic E-state index is 12.1. The van der Waals surface area contributed by atoms with Gasteiger partial charge in [-0.2, -0.15) is 0 Å². The monoisotopic (exact) mass is 411 g/mol. The van der Waals surface area contributed by atoms with Gasteiger partial charge < -0.3 is 10.1 Å². The van der Waals surface area contributed by atoms with Crippen molar-refractivity contribution in [3.63, 3.8) is 0 Å². The lowest BCUT2D eigenvalue weighted by Gasteiger charge is -2.21. The summed E-state index contributed by atoms with van der Waals surface area (Å²) in [6, 6.07) is 4.31. The molecule has 2 heterocycles. The van der Waals surface area contributed by atoms with E-state index in [-0.39, 0.29) is 39.2 Å². The third-order valence-corrected chi connectivity index (χ3v) is 4.45. The fourth-order valence-electron chi connectivity index (χ4n) is 2.62. The SMILES string of the molecule is CC(C)c1cc(Oc2c(Cl)cc(N3NC(C)(C)NC3=O)cc2Cl)n[nH]c1=O. The lowest BCUT2D eigenvalue weighted by molar-refractivity contribution is 0.248. The van der Waals surface area contributed by atoms with Gasteiger partial charge in [0.05, 0.1) is 15.7 Å². The number of ether oxygens (including phenoxy) is 1. The summed E-state index contributed by atoms with van der Waals surface area (Å²) in [6.07, 6.45) is 0. The summed E-state index contributed by atoms with van der Waals surface area (Å²) in [4.78, 5) is 23.9. The van der Waals surface area contributed by atoms with Gasteiger partial charge in [-0.15, -0.1) is 5.10 Å². The second kappa shape index (κ2) is 7.03. The molecule has 0 bridgehead atoms. The molecule has 10 heteroatoms. The predicted octanol–water partition coefficient (Wildman–Crippen LogP) is 3.76. The Morgan fingerprint density at radius 2 is 1.78 bits per heavy atom. The van der Waals surface area contributed by atoms with Crippen molar-refractivity contribution < 1.29 is 9.53 Å². The van der Waals surface area contributed by atoms with Gasteiger partial charge in [-0.25, -0.2) is 20.3 Å². The van der Waals surface area contributed by atoms with Crippen molar-refractivity contribution in [1.29, 1.82) is 0 Å². The van der Waals surface area contributed by atoms with Crippen LogP contribution in [0.1, 0.15) is 39.2 Å². The van der Waals surface area contributed by atoms with Crippen molar-refractivity contribution >= 4 is 34.9 Å². The number of aromatic amines is 1. The largest absolute Gasteiger partial charge is 0.434 e. The standard InChI is InChI=1S/C17H19Cl2N5O3/c1-8(2)10-7-13(21-22-15(10)25)27-14-11(18)5-9(6-12(14)19)24-16(26)20-17(3,4)23-24/h5-8,23H,1-4H3,(H,20,26)(H,22,25). The fourth-order valence-corrected chi connectivity index (χ4v) is 3.18. The maximum Gasteiger partial charge on any atom is 0.338 e. The summed E-state index contributed by atoms with van der Waals surface area (Å²) in [5.74, 6) is 0.332. The predicted molar refractivity (Wildman–Crippen MR) is 104 cm³/mol. The van der Waals surface area contributed by atoms with Crippen molar-refractivity contribution in [2.75, 3.05) is 5.01 Å². The average Bonchev–Trinajstić information content (AvgIpc) is 2.84. The van der Waals surface area contributed by atoms with Gasteiger partial charge in [-0.1, -0.05) is 37.0 Å². The number of nitrogens with one attached hydrogen (secondary N) is 3. The van der Waals surface area contributed by atoms with Crippen LogP contribution in [0.25, 0.3) is 0 Å². The van der Waals surface area contributed by atoms with Crippen LogP contribution in [0.4, 0.5) is 10.5 Å².